The van der Waals surface area contributed by atoms with Crippen molar-refractivity contribution < 1.29 is 18.7 Å². The van der Waals surface area contributed by atoms with Crippen LogP contribution in [0.15, 0.2) is 24.3 Å². The first kappa shape index (κ1) is 16.7. The topological polar surface area (TPSA) is 50.8 Å². The number of carbonyl (C=O) groups excluding carboxylic acids is 1. The fourth-order valence-electron chi connectivity index (χ4n) is 2.56. The number of nitrogens with one attached hydrogen (secondary N) is 1. The Kier molecular flexibility index (Phi) is 6.15. The number of carbonyl (C=O) groups is 1. The molecule has 122 valence electrons. The Morgan fingerprint density at radius 2 is 2.41 bits per heavy atom. The molecule has 1 fully saturated rings. The van der Waals surface area contributed by atoms with Gasteiger partial charge < -0.3 is 19.7 Å². The number of benzene rings is 1. The van der Waals surface area contributed by atoms with Crippen LogP contribution >= 0.6 is 0 Å². The molecule has 1 aliphatic rings. The summed E-state index contributed by atoms with van der Waals surface area (Å²) in [5, 5.41) is 2.95. The Hall–Kier alpha value is -1.66. The summed E-state index contributed by atoms with van der Waals surface area (Å²) in [7, 11) is 1.61. The third-order valence-corrected chi connectivity index (χ3v) is 3.58. The van der Waals surface area contributed by atoms with Crippen LogP contribution in [0.2, 0.25) is 0 Å². The lowest BCUT2D eigenvalue weighted by atomic mass is 10.1. The molecule has 22 heavy (non-hydrogen) atoms. The molecule has 1 N–H and O–H groups in total. The van der Waals surface area contributed by atoms with Gasteiger partial charge in [0.25, 0.3) is 0 Å². The second-order valence-electron chi connectivity index (χ2n) is 5.58. The van der Waals surface area contributed by atoms with E-state index in [1.165, 1.54) is 12.1 Å². The Bertz CT molecular complexity index is 496. The third kappa shape index (κ3) is 4.96. The molecule has 5 nitrogen and oxygen atoms in total. The van der Waals surface area contributed by atoms with Crippen LogP contribution in [0.25, 0.3) is 0 Å². The van der Waals surface area contributed by atoms with Crippen molar-refractivity contribution in [1.82, 2.24) is 10.2 Å². The molecule has 2 amide bonds. The molecule has 0 radical (unpaired) electrons. The van der Waals surface area contributed by atoms with Gasteiger partial charge >= 0.3 is 6.03 Å². The number of ether oxygens (including phenoxy) is 2. The molecule has 0 unspecified atom stereocenters. The predicted molar refractivity (Wildman–Crippen MR) is 81.3 cm³/mol. The van der Waals surface area contributed by atoms with Gasteiger partial charge in [-0.15, -0.1) is 0 Å². The van der Waals surface area contributed by atoms with E-state index in [1.807, 2.05) is 13.0 Å². The van der Waals surface area contributed by atoms with Gasteiger partial charge in [-0.1, -0.05) is 12.1 Å². The summed E-state index contributed by atoms with van der Waals surface area (Å²) < 4.78 is 23.8. The van der Waals surface area contributed by atoms with E-state index in [-0.39, 0.29) is 24.0 Å². The van der Waals surface area contributed by atoms with E-state index >= 15 is 0 Å². The molecule has 0 saturated carbocycles. The van der Waals surface area contributed by atoms with Crippen LogP contribution in [0, 0.1) is 5.82 Å². The average molecular weight is 310 g/mol. The third-order valence-electron chi connectivity index (χ3n) is 3.58. The van der Waals surface area contributed by atoms with E-state index in [2.05, 4.69) is 5.32 Å². The first-order chi connectivity index (χ1) is 10.6. The number of rotatable bonds is 5. The van der Waals surface area contributed by atoms with Crippen molar-refractivity contribution in [1.29, 1.82) is 0 Å². The van der Waals surface area contributed by atoms with Gasteiger partial charge in [0.05, 0.1) is 25.9 Å². The molecule has 2 rings (SSSR count). The second kappa shape index (κ2) is 8.10. The van der Waals surface area contributed by atoms with E-state index in [0.29, 0.717) is 32.7 Å². The highest BCUT2D eigenvalue weighted by atomic mass is 19.1. The maximum Gasteiger partial charge on any atom is 0.317 e. The van der Waals surface area contributed by atoms with Gasteiger partial charge in [0, 0.05) is 19.7 Å². The summed E-state index contributed by atoms with van der Waals surface area (Å²) in [6.45, 7) is 3.99. The first-order valence-corrected chi connectivity index (χ1v) is 7.49. The van der Waals surface area contributed by atoms with Gasteiger partial charge in [0.1, 0.15) is 5.82 Å². The number of nitrogens with zero attached hydrogens (tertiary/aromatic N) is 1. The highest BCUT2D eigenvalue weighted by molar-refractivity contribution is 5.74. The molecule has 0 bridgehead atoms. The predicted octanol–water partition coefficient (Wildman–Crippen LogP) is 1.81. The van der Waals surface area contributed by atoms with E-state index < -0.39 is 0 Å². The fourth-order valence-corrected chi connectivity index (χ4v) is 2.56. The number of amides is 2. The molecule has 1 heterocycles. The summed E-state index contributed by atoms with van der Waals surface area (Å²) in [5.74, 6) is -0.258. The van der Waals surface area contributed by atoms with Gasteiger partial charge in [-0.3, -0.25) is 0 Å². The standard InChI is InChI=1S/C16H23FN2O3/c1-12(8-13-4-3-5-14(17)9-13)18-16(20)19-6-7-22-15(10-19)11-21-2/h3-5,9,12,15H,6-8,10-11H2,1-2H3,(H,18,20)/t12-,15+/m1/s1. The molecule has 1 aromatic carbocycles. The van der Waals surface area contributed by atoms with Gasteiger partial charge in [0.15, 0.2) is 0 Å². The number of morpholine rings is 1. The zero-order chi connectivity index (χ0) is 15.9. The minimum atomic E-state index is -0.258. The number of hydrogen-bond donors (Lipinski definition) is 1. The molecular formula is C16H23FN2O3. The zero-order valence-corrected chi connectivity index (χ0v) is 13.0. The Balaban J connectivity index is 1.83. The van der Waals surface area contributed by atoms with Crippen LogP contribution in [0.5, 0.6) is 0 Å². The van der Waals surface area contributed by atoms with Gasteiger partial charge in [-0.05, 0) is 31.0 Å². The lowest BCUT2D eigenvalue weighted by molar-refractivity contribution is -0.0496. The van der Waals surface area contributed by atoms with Gasteiger partial charge in [-0.25, -0.2) is 9.18 Å². The molecular weight excluding hydrogens is 287 g/mol. The lowest BCUT2D eigenvalue weighted by Gasteiger charge is -2.33. The normalized spacial score (nSPS) is 19.8. The number of halogens is 1. The van der Waals surface area contributed by atoms with Crippen LogP contribution < -0.4 is 5.32 Å². The van der Waals surface area contributed by atoms with E-state index in [0.717, 1.165) is 5.56 Å². The average Bonchev–Trinajstić information content (AvgIpc) is 2.47. The van der Waals surface area contributed by atoms with Crippen molar-refractivity contribution in [2.75, 3.05) is 33.4 Å². The number of urea groups is 1. The first-order valence-electron chi connectivity index (χ1n) is 7.49. The molecule has 1 saturated heterocycles. The monoisotopic (exact) mass is 310 g/mol. The van der Waals surface area contributed by atoms with Gasteiger partial charge in [0.2, 0.25) is 0 Å². The van der Waals surface area contributed by atoms with Crippen molar-refractivity contribution in [2.24, 2.45) is 0 Å². The van der Waals surface area contributed by atoms with E-state index in [4.69, 9.17) is 9.47 Å². The molecule has 0 spiro atoms. The summed E-state index contributed by atoms with van der Waals surface area (Å²) in [6.07, 6.45) is 0.512. The van der Waals surface area contributed by atoms with Crippen molar-refractivity contribution in [3.8, 4) is 0 Å². The van der Waals surface area contributed by atoms with Crippen molar-refractivity contribution in [3.05, 3.63) is 35.6 Å². The molecule has 2 atom stereocenters. The smallest absolute Gasteiger partial charge is 0.317 e. The summed E-state index contributed by atoms with van der Waals surface area (Å²) in [6, 6.07) is 6.25. The summed E-state index contributed by atoms with van der Waals surface area (Å²) in [5.41, 5.74) is 0.868. The van der Waals surface area contributed by atoms with Crippen LogP contribution in [-0.2, 0) is 15.9 Å². The Morgan fingerprint density at radius 1 is 1.59 bits per heavy atom. The Labute approximate surface area is 130 Å². The van der Waals surface area contributed by atoms with Crippen molar-refractivity contribution >= 4 is 6.03 Å². The molecule has 0 aliphatic carbocycles. The minimum absolute atomic E-state index is 0.0713. The number of methoxy groups -OCH3 is 1. The van der Waals surface area contributed by atoms with Crippen LogP contribution in [0.1, 0.15) is 12.5 Å². The van der Waals surface area contributed by atoms with Gasteiger partial charge in [-0.2, -0.15) is 0 Å². The maximum atomic E-state index is 13.2. The second-order valence-corrected chi connectivity index (χ2v) is 5.58. The summed E-state index contributed by atoms with van der Waals surface area (Å²) >= 11 is 0. The van der Waals surface area contributed by atoms with Crippen LogP contribution in [0.3, 0.4) is 0 Å². The van der Waals surface area contributed by atoms with Crippen LogP contribution in [0.4, 0.5) is 9.18 Å². The molecule has 6 heteroatoms. The van der Waals surface area contributed by atoms with Crippen molar-refractivity contribution in [2.45, 2.75) is 25.5 Å². The minimum Gasteiger partial charge on any atom is -0.382 e. The highest BCUT2D eigenvalue weighted by Gasteiger charge is 2.24. The largest absolute Gasteiger partial charge is 0.382 e. The Morgan fingerprint density at radius 3 is 3.14 bits per heavy atom. The van der Waals surface area contributed by atoms with Crippen LogP contribution in [-0.4, -0.2) is 56.5 Å². The maximum absolute atomic E-state index is 13.2. The van der Waals surface area contributed by atoms with E-state index in [1.54, 1.807) is 18.1 Å². The SMILES string of the molecule is COC[C@@H]1CN(C(=O)N[C@H](C)Cc2cccc(F)c2)CCO1. The quantitative estimate of drug-likeness (QED) is 0.902. The molecule has 0 aromatic heterocycles. The van der Waals surface area contributed by atoms with E-state index in [9.17, 15) is 9.18 Å². The van der Waals surface area contributed by atoms with Crippen molar-refractivity contribution in [3.63, 3.8) is 0 Å². The summed E-state index contributed by atoms with van der Waals surface area (Å²) in [4.78, 5) is 14.0. The highest BCUT2D eigenvalue weighted by Crippen LogP contribution is 2.09. The zero-order valence-electron chi connectivity index (χ0n) is 13.0. The number of hydrogen-bond acceptors (Lipinski definition) is 3. The fraction of sp³-hybridized carbons (Fsp3) is 0.562. The molecule has 1 aliphatic heterocycles. The lowest BCUT2D eigenvalue weighted by Crippen LogP contribution is -2.52. The molecule has 1 aromatic rings.